The van der Waals surface area contributed by atoms with Gasteiger partial charge in [0.15, 0.2) is 11.0 Å². The summed E-state index contributed by atoms with van der Waals surface area (Å²) in [6.45, 7) is 2.40. The molecule has 0 saturated heterocycles. The van der Waals surface area contributed by atoms with E-state index in [2.05, 4.69) is 20.8 Å². The van der Waals surface area contributed by atoms with Crippen LogP contribution in [0.15, 0.2) is 71.9 Å². The maximum atomic E-state index is 13.1. The van der Waals surface area contributed by atoms with E-state index in [0.29, 0.717) is 34.8 Å². The molecule has 0 saturated carbocycles. The molecule has 2 N–H and O–H groups in total. The van der Waals surface area contributed by atoms with Crippen LogP contribution < -0.4 is 20.1 Å². The molecule has 0 aliphatic rings. The van der Waals surface area contributed by atoms with Gasteiger partial charge in [-0.3, -0.25) is 14.2 Å². The molecule has 0 atom stereocenters. The largest absolute Gasteiger partial charge is 0.497 e. The number of methoxy groups -OCH3 is 1. The van der Waals surface area contributed by atoms with Gasteiger partial charge >= 0.3 is 6.18 Å². The molecule has 43 heavy (non-hydrogen) atoms. The Balaban J connectivity index is 1.48. The van der Waals surface area contributed by atoms with E-state index in [9.17, 15) is 22.8 Å². The van der Waals surface area contributed by atoms with Crippen molar-refractivity contribution in [1.82, 2.24) is 20.1 Å². The zero-order chi connectivity index (χ0) is 31.0. The molecule has 1 aromatic heterocycles. The number of benzene rings is 3. The van der Waals surface area contributed by atoms with Gasteiger partial charge in [-0.05, 0) is 67.1 Å². The molecule has 0 aliphatic heterocycles. The van der Waals surface area contributed by atoms with Gasteiger partial charge < -0.3 is 20.1 Å². The first-order chi connectivity index (χ1) is 20.6. The molecule has 9 nitrogen and oxygen atoms in total. The summed E-state index contributed by atoms with van der Waals surface area (Å²) in [5, 5.41) is 14.0. The molecule has 0 unspecified atom stereocenters. The monoisotopic (exact) mass is 633 g/mol. The van der Waals surface area contributed by atoms with E-state index in [0.717, 1.165) is 35.5 Å². The van der Waals surface area contributed by atoms with E-state index in [-0.39, 0.29) is 35.3 Å². The number of rotatable bonds is 12. The van der Waals surface area contributed by atoms with Gasteiger partial charge in [0.05, 0.1) is 48.7 Å². The van der Waals surface area contributed by atoms with E-state index in [1.807, 2.05) is 6.92 Å². The van der Waals surface area contributed by atoms with Crippen molar-refractivity contribution < 1.29 is 32.2 Å². The number of aromatic nitrogens is 3. The highest BCUT2D eigenvalue weighted by atomic mass is 35.5. The van der Waals surface area contributed by atoms with Gasteiger partial charge in [-0.15, -0.1) is 10.2 Å². The predicted octanol–water partition coefficient (Wildman–Crippen LogP) is 5.94. The third-order valence-electron chi connectivity index (χ3n) is 5.97. The topological polar surface area (TPSA) is 107 Å². The fourth-order valence-electron chi connectivity index (χ4n) is 3.91. The van der Waals surface area contributed by atoms with E-state index in [1.54, 1.807) is 60.2 Å². The highest BCUT2D eigenvalue weighted by molar-refractivity contribution is 7.99. The minimum Gasteiger partial charge on any atom is -0.497 e. The fourth-order valence-corrected chi connectivity index (χ4v) is 4.84. The first-order valence-corrected chi connectivity index (χ1v) is 14.3. The fraction of sp³-hybridized carbons (Fsp3) is 0.241. The molecule has 4 aromatic rings. The molecule has 2 amide bonds. The van der Waals surface area contributed by atoms with Crippen molar-refractivity contribution in [2.24, 2.45) is 0 Å². The SMILES string of the molecule is CCOc1ccc(-n2c(CNC(=O)Cc3ccc(OC)cc3)nnc2SCC(=O)Nc2cc(C(F)(F)F)ccc2Cl)cc1. The highest BCUT2D eigenvalue weighted by Crippen LogP contribution is 2.34. The Hall–Kier alpha value is -4.23. The second-order valence-electron chi connectivity index (χ2n) is 8.99. The highest BCUT2D eigenvalue weighted by Gasteiger charge is 2.31. The summed E-state index contributed by atoms with van der Waals surface area (Å²) in [4.78, 5) is 25.3. The number of anilines is 1. The second-order valence-corrected chi connectivity index (χ2v) is 10.3. The van der Waals surface area contributed by atoms with Crippen LogP contribution in [-0.2, 0) is 28.7 Å². The number of halogens is 4. The minimum atomic E-state index is -4.59. The van der Waals surface area contributed by atoms with Crippen LogP contribution in [0.25, 0.3) is 5.69 Å². The molecular weight excluding hydrogens is 607 g/mol. The van der Waals surface area contributed by atoms with Crippen molar-refractivity contribution in [3.05, 3.63) is 88.7 Å². The Morgan fingerprint density at radius 2 is 1.67 bits per heavy atom. The summed E-state index contributed by atoms with van der Waals surface area (Å²) in [6.07, 6.45) is -4.45. The first kappa shape index (κ1) is 31.7. The van der Waals surface area contributed by atoms with Gasteiger partial charge in [-0.25, -0.2) is 0 Å². The molecule has 226 valence electrons. The number of nitrogens with zero attached hydrogens (tertiary/aromatic N) is 3. The number of carbonyl (C=O) groups excluding carboxylic acids is 2. The Bertz CT molecular complexity index is 1560. The third kappa shape index (κ3) is 8.64. The summed E-state index contributed by atoms with van der Waals surface area (Å²) in [5.41, 5.74) is 0.357. The molecular formula is C29H27ClF3N5O4S. The number of thioether (sulfide) groups is 1. The van der Waals surface area contributed by atoms with Gasteiger partial charge in [0.1, 0.15) is 11.5 Å². The van der Waals surface area contributed by atoms with Crippen molar-refractivity contribution in [3.63, 3.8) is 0 Å². The lowest BCUT2D eigenvalue weighted by Crippen LogP contribution is -2.26. The average molecular weight is 634 g/mol. The summed E-state index contributed by atoms with van der Waals surface area (Å²) < 4.78 is 51.7. The number of ether oxygens (including phenoxy) is 2. The van der Waals surface area contributed by atoms with Gasteiger partial charge in [0, 0.05) is 5.69 Å². The first-order valence-electron chi connectivity index (χ1n) is 12.9. The van der Waals surface area contributed by atoms with Gasteiger partial charge in [-0.2, -0.15) is 13.2 Å². The molecule has 0 radical (unpaired) electrons. The van der Waals surface area contributed by atoms with E-state index < -0.39 is 17.6 Å². The number of alkyl halides is 3. The van der Waals surface area contributed by atoms with Crippen molar-refractivity contribution in [3.8, 4) is 17.2 Å². The van der Waals surface area contributed by atoms with Gasteiger partial charge in [-0.1, -0.05) is 35.5 Å². The average Bonchev–Trinajstić information content (AvgIpc) is 3.39. The number of nitrogens with one attached hydrogen (secondary N) is 2. The summed E-state index contributed by atoms with van der Waals surface area (Å²) in [5.74, 6) is 0.700. The van der Waals surface area contributed by atoms with Gasteiger partial charge in [0.25, 0.3) is 0 Å². The standard InChI is InChI=1S/C29H27ClF3N5O4S/c1-3-42-22-11-7-20(8-12-22)38-25(16-34-26(39)14-18-4-9-21(41-2)10-5-18)36-37-28(38)43-17-27(40)35-24-15-19(29(31,32)33)6-13-23(24)30/h4-13,15H,3,14,16-17H2,1-2H3,(H,34,39)(H,35,40). The lowest BCUT2D eigenvalue weighted by molar-refractivity contribution is -0.137. The number of hydrogen-bond acceptors (Lipinski definition) is 7. The summed E-state index contributed by atoms with van der Waals surface area (Å²) in [7, 11) is 1.56. The van der Waals surface area contributed by atoms with Crippen LogP contribution in [0.2, 0.25) is 5.02 Å². The molecule has 1 heterocycles. The second kappa shape index (κ2) is 14.3. The Morgan fingerprint density at radius 3 is 2.33 bits per heavy atom. The smallest absolute Gasteiger partial charge is 0.416 e. The Kier molecular flexibility index (Phi) is 10.5. The minimum absolute atomic E-state index is 0.0310. The van der Waals surface area contributed by atoms with Crippen molar-refractivity contribution in [1.29, 1.82) is 0 Å². The Labute approximate surface area is 254 Å². The quantitative estimate of drug-likeness (QED) is 0.186. The van der Waals surface area contributed by atoms with E-state index in [4.69, 9.17) is 21.1 Å². The van der Waals surface area contributed by atoms with Crippen LogP contribution in [0.3, 0.4) is 0 Å². The van der Waals surface area contributed by atoms with Crippen LogP contribution in [-0.4, -0.2) is 46.0 Å². The molecule has 14 heteroatoms. The lowest BCUT2D eigenvalue weighted by Gasteiger charge is -2.13. The van der Waals surface area contributed by atoms with Crippen LogP contribution in [0.5, 0.6) is 11.5 Å². The van der Waals surface area contributed by atoms with Crippen molar-refractivity contribution in [2.75, 3.05) is 24.8 Å². The lowest BCUT2D eigenvalue weighted by atomic mass is 10.1. The maximum absolute atomic E-state index is 13.1. The van der Waals surface area contributed by atoms with Crippen molar-refractivity contribution in [2.45, 2.75) is 31.2 Å². The van der Waals surface area contributed by atoms with Crippen molar-refractivity contribution >= 4 is 40.9 Å². The molecule has 0 aliphatic carbocycles. The maximum Gasteiger partial charge on any atom is 0.416 e. The Morgan fingerprint density at radius 1 is 0.977 bits per heavy atom. The predicted molar refractivity (Wildman–Crippen MR) is 157 cm³/mol. The van der Waals surface area contributed by atoms with E-state index in [1.165, 1.54) is 0 Å². The van der Waals surface area contributed by atoms with Crippen LogP contribution in [0.4, 0.5) is 18.9 Å². The zero-order valence-electron chi connectivity index (χ0n) is 23.1. The molecule has 0 bridgehead atoms. The number of hydrogen-bond donors (Lipinski definition) is 2. The number of amides is 2. The molecule has 0 spiro atoms. The summed E-state index contributed by atoms with van der Waals surface area (Å²) in [6, 6.07) is 16.9. The number of carbonyl (C=O) groups is 2. The van der Waals surface area contributed by atoms with Crippen LogP contribution in [0.1, 0.15) is 23.9 Å². The molecule has 4 rings (SSSR count). The van der Waals surface area contributed by atoms with Crippen LogP contribution in [0, 0.1) is 0 Å². The molecule has 0 fully saturated rings. The van der Waals surface area contributed by atoms with E-state index >= 15 is 0 Å². The van der Waals surface area contributed by atoms with Crippen LogP contribution >= 0.6 is 23.4 Å². The summed E-state index contributed by atoms with van der Waals surface area (Å²) >= 11 is 7.03. The molecule has 3 aromatic carbocycles. The van der Waals surface area contributed by atoms with Gasteiger partial charge in [0.2, 0.25) is 11.8 Å². The normalized spacial score (nSPS) is 11.2. The zero-order valence-corrected chi connectivity index (χ0v) is 24.6. The third-order valence-corrected chi connectivity index (χ3v) is 7.23.